The zero-order valence-corrected chi connectivity index (χ0v) is 14.6. The molecule has 5 atom stereocenters. The summed E-state index contributed by atoms with van der Waals surface area (Å²) in [7, 11) is 0. The summed E-state index contributed by atoms with van der Waals surface area (Å²) in [6, 6.07) is 6.01. The van der Waals surface area contributed by atoms with Gasteiger partial charge in [-0.15, -0.1) is 0 Å². The van der Waals surface area contributed by atoms with Crippen LogP contribution in [0.4, 0.5) is 4.39 Å². The number of nitrogens with zero attached hydrogens (tertiary/aromatic N) is 1. The summed E-state index contributed by atoms with van der Waals surface area (Å²) in [5.41, 5.74) is 1.23. The lowest BCUT2D eigenvalue weighted by Gasteiger charge is -2.21. The van der Waals surface area contributed by atoms with Crippen LogP contribution < -0.4 is 11.2 Å². The van der Waals surface area contributed by atoms with Crippen LogP contribution in [-0.4, -0.2) is 27.9 Å². The van der Waals surface area contributed by atoms with Gasteiger partial charge in [0.25, 0.3) is 5.56 Å². The summed E-state index contributed by atoms with van der Waals surface area (Å²) < 4.78 is 32.4. The fraction of sp³-hybridized carbons (Fsp3) is 0.444. The zero-order valence-electron chi connectivity index (χ0n) is 14.6. The number of aromatic nitrogens is 2. The van der Waals surface area contributed by atoms with Crippen molar-refractivity contribution >= 4 is 0 Å². The van der Waals surface area contributed by atoms with Gasteiger partial charge in [-0.25, -0.2) is 4.79 Å². The second kappa shape index (κ2) is 6.15. The highest BCUT2D eigenvalue weighted by Gasteiger charge is 2.52. The highest BCUT2D eigenvalue weighted by Crippen LogP contribution is 2.43. The predicted molar refractivity (Wildman–Crippen MR) is 89.3 cm³/mol. The van der Waals surface area contributed by atoms with Crippen LogP contribution in [0.3, 0.4) is 0 Å². The van der Waals surface area contributed by atoms with Gasteiger partial charge in [0.2, 0.25) is 5.82 Å². The van der Waals surface area contributed by atoms with Crippen molar-refractivity contribution < 1.29 is 18.6 Å². The van der Waals surface area contributed by atoms with Gasteiger partial charge in [-0.2, -0.15) is 4.39 Å². The molecule has 0 radical (unpaired) electrons. The second-order valence-electron chi connectivity index (χ2n) is 6.83. The van der Waals surface area contributed by atoms with E-state index in [0.29, 0.717) is 0 Å². The number of nitrogens with one attached hydrogen (secondary N) is 1. The maximum absolute atomic E-state index is 13.7. The first-order valence-electron chi connectivity index (χ1n) is 8.39. The molecular formula is C18H19FN2O5. The van der Waals surface area contributed by atoms with Crippen molar-refractivity contribution in [2.24, 2.45) is 0 Å². The lowest BCUT2D eigenvalue weighted by Crippen LogP contribution is -2.38. The number of rotatable bonds is 2. The molecule has 2 unspecified atom stereocenters. The average molecular weight is 362 g/mol. The number of benzene rings is 1. The zero-order chi connectivity index (χ0) is 18.6. The Hall–Kier alpha value is -2.29. The molecule has 1 aromatic heterocycles. The molecule has 2 aromatic rings. The van der Waals surface area contributed by atoms with Gasteiger partial charge in [0.05, 0.1) is 12.3 Å². The molecule has 0 bridgehead atoms. The molecule has 2 saturated heterocycles. The van der Waals surface area contributed by atoms with Gasteiger partial charge in [-0.05, 0) is 20.8 Å². The Balaban J connectivity index is 1.67. The SMILES string of the molecule is Cc1cc(C)cc(C2O[C@@H]3[C@H](O2)C(C)O[C@H]3n2cc(F)c(=O)[nH]c2=O)c1. The topological polar surface area (TPSA) is 82.6 Å². The van der Waals surface area contributed by atoms with Crippen molar-refractivity contribution in [2.75, 3.05) is 0 Å². The normalized spacial score (nSPS) is 30.5. The van der Waals surface area contributed by atoms with Crippen LogP contribution >= 0.6 is 0 Å². The summed E-state index contributed by atoms with van der Waals surface area (Å²) >= 11 is 0. The standard InChI is InChI=1S/C18H19FN2O5/c1-8-4-9(2)6-11(5-8)17-25-13-10(3)24-16(14(13)26-17)21-7-12(19)15(22)20-18(21)23/h4-7,10,13-14,16-17H,1-3H3,(H,20,22,23)/t10?,13-,14-,16-,17?/m1/s1. The molecule has 3 heterocycles. The molecule has 4 rings (SSSR count). The first kappa shape index (κ1) is 17.1. The molecule has 8 heteroatoms. The number of H-pyrrole nitrogens is 1. The smallest absolute Gasteiger partial charge is 0.330 e. The van der Waals surface area contributed by atoms with Gasteiger partial charge >= 0.3 is 5.69 Å². The van der Waals surface area contributed by atoms with E-state index in [2.05, 4.69) is 6.07 Å². The van der Waals surface area contributed by atoms with Crippen LogP contribution in [0.1, 0.15) is 36.1 Å². The average Bonchev–Trinajstić information content (AvgIpc) is 3.11. The van der Waals surface area contributed by atoms with E-state index in [9.17, 15) is 14.0 Å². The quantitative estimate of drug-likeness (QED) is 0.879. The van der Waals surface area contributed by atoms with E-state index in [0.717, 1.165) is 27.5 Å². The first-order chi connectivity index (χ1) is 12.3. The number of aromatic amines is 1. The third-order valence-corrected chi connectivity index (χ3v) is 4.70. The number of fused-ring (bicyclic) bond motifs is 1. The fourth-order valence-corrected chi connectivity index (χ4v) is 3.63. The fourth-order valence-electron chi connectivity index (χ4n) is 3.63. The van der Waals surface area contributed by atoms with Crippen LogP contribution in [0, 0.1) is 19.7 Å². The lowest BCUT2D eigenvalue weighted by atomic mass is 10.1. The highest BCUT2D eigenvalue weighted by molar-refractivity contribution is 5.29. The van der Waals surface area contributed by atoms with E-state index >= 15 is 0 Å². The van der Waals surface area contributed by atoms with E-state index in [1.807, 2.05) is 31.0 Å². The maximum Gasteiger partial charge on any atom is 0.330 e. The van der Waals surface area contributed by atoms with E-state index in [4.69, 9.17) is 14.2 Å². The summed E-state index contributed by atoms with van der Waals surface area (Å²) in [5.74, 6) is -1.06. The number of halogens is 1. The van der Waals surface area contributed by atoms with Gasteiger partial charge in [-0.1, -0.05) is 29.3 Å². The van der Waals surface area contributed by atoms with Crippen molar-refractivity contribution in [3.05, 3.63) is 67.7 Å². The predicted octanol–water partition coefficient (Wildman–Crippen LogP) is 1.69. The van der Waals surface area contributed by atoms with E-state index in [-0.39, 0.29) is 6.10 Å². The molecule has 1 aromatic carbocycles. The van der Waals surface area contributed by atoms with Crippen molar-refractivity contribution in [3.8, 4) is 0 Å². The molecule has 26 heavy (non-hydrogen) atoms. The highest BCUT2D eigenvalue weighted by atomic mass is 19.1. The van der Waals surface area contributed by atoms with E-state index in [1.54, 1.807) is 6.92 Å². The summed E-state index contributed by atoms with van der Waals surface area (Å²) in [5, 5.41) is 0. The molecule has 0 spiro atoms. The third-order valence-electron chi connectivity index (χ3n) is 4.70. The minimum absolute atomic E-state index is 0.359. The van der Waals surface area contributed by atoms with Crippen LogP contribution in [0.5, 0.6) is 0 Å². The van der Waals surface area contributed by atoms with E-state index in [1.165, 1.54) is 0 Å². The molecular weight excluding hydrogens is 343 g/mol. The molecule has 138 valence electrons. The lowest BCUT2D eigenvalue weighted by molar-refractivity contribution is -0.145. The van der Waals surface area contributed by atoms with Crippen LogP contribution in [0.25, 0.3) is 0 Å². The Morgan fingerprint density at radius 2 is 1.69 bits per heavy atom. The minimum Gasteiger partial charge on any atom is -0.349 e. The van der Waals surface area contributed by atoms with Crippen molar-refractivity contribution in [3.63, 3.8) is 0 Å². The van der Waals surface area contributed by atoms with E-state index < -0.39 is 41.8 Å². The van der Waals surface area contributed by atoms with Crippen LogP contribution in [-0.2, 0) is 14.2 Å². The third kappa shape index (κ3) is 2.80. The van der Waals surface area contributed by atoms with Gasteiger partial charge in [0.15, 0.2) is 12.5 Å². The molecule has 0 aliphatic carbocycles. The largest absolute Gasteiger partial charge is 0.349 e. The number of hydrogen-bond donors (Lipinski definition) is 1. The van der Waals surface area contributed by atoms with Gasteiger partial charge in [-0.3, -0.25) is 14.3 Å². The Bertz CT molecular complexity index is 949. The molecule has 2 aliphatic rings. The van der Waals surface area contributed by atoms with Crippen molar-refractivity contribution in [1.82, 2.24) is 9.55 Å². The Morgan fingerprint density at radius 3 is 2.38 bits per heavy atom. The number of hydrogen-bond acceptors (Lipinski definition) is 5. The van der Waals surface area contributed by atoms with Crippen LogP contribution in [0.2, 0.25) is 0 Å². The second-order valence-corrected chi connectivity index (χ2v) is 6.83. The Kier molecular flexibility index (Phi) is 4.06. The summed E-state index contributed by atoms with van der Waals surface area (Å²) in [6.07, 6.45) is -2.01. The first-order valence-corrected chi connectivity index (χ1v) is 8.39. The summed E-state index contributed by atoms with van der Waals surface area (Å²) in [4.78, 5) is 25.3. The maximum atomic E-state index is 13.7. The molecule has 1 N–H and O–H groups in total. The molecule has 2 aliphatic heterocycles. The van der Waals surface area contributed by atoms with Crippen LogP contribution in [0.15, 0.2) is 34.0 Å². The summed E-state index contributed by atoms with van der Waals surface area (Å²) in [6.45, 7) is 5.78. The molecule has 0 saturated carbocycles. The van der Waals surface area contributed by atoms with Crippen molar-refractivity contribution in [1.29, 1.82) is 0 Å². The van der Waals surface area contributed by atoms with Crippen molar-refractivity contribution in [2.45, 2.75) is 51.6 Å². The number of ether oxygens (including phenoxy) is 3. The monoisotopic (exact) mass is 362 g/mol. The molecule has 2 fully saturated rings. The van der Waals surface area contributed by atoms with Gasteiger partial charge in [0, 0.05) is 5.56 Å². The minimum atomic E-state index is -1.06. The van der Waals surface area contributed by atoms with Gasteiger partial charge in [0.1, 0.15) is 12.2 Å². The number of aryl methyl sites for hydroxylation is 2. The molecule has 7 nitrogen and oxygen atoms in total. The Morgan fingerprint density at radius 1 is 1.04 bits per heavy atom. The Labute approximate surface area is 148 Å². The van der Waals surface area contributed by atoms with Gasteiger partial charge < -0.3 is 14.2 Å². The molecule has 0 amide bonds.